The Morgan fingerprint density at radius 1 is 1.44 bits per heavy atom. The number of nitrogen functional groups attached to an aromatic ring is 1. The fraction of sp³-hybridized carbons (Fsp3) is 0.0909. The first-order chi connectivity index (χ1) is 8.41. The van der Waals surface area contributed by atoms with E-state index in [1.165, 1.54) is 7.05 Å². The van der Waals surface area contributed by atoms with Crippen LogP contribution in [0, 0.1) is 11.6 Å². The van der Waals surface area contributed by atoms with Gasteiger partial charge in [-0.2, -0.15) is 5.10 Å². The second-order valence-corrected chi connectivity index (χ2v) is 3.66. The Bertz CT molecular complexity index is 637. The number of nitrogens with zero attached hydrogens (tertiary/aromatic N) is 2. The fourth-order valence-electron chi connectivity index (χ4n) is 1.64. The van der Waals surface area contributed by atoms with Crippen molar-refractivity contribution in [3.8, 4) is 11.1 Å². The Morgan fingerprint density at radius 3 is 2.67 bits per heavy atom. The zero-order chi connectivity index (χ0) is 13.4. The van der Waals surface area contributed by atoms with E-state index in [2.05, 4.69) is 5.10 Å². The van der Waals surface area contributed by atoms with E-state index in [1.54, 1.807) is 0 Å². The van der Waals surface area contributed by atoms with Crippen LogP contribution in [0.4, 0.5) is 14.6 Å². The van der Waals surface area contributed by atoms with Gasteiger partial charge in [-0.05, 0) is 12.1 Å². The molecule has 0 unspecified atom stereocenters. The second-order valence-electron chi connectivity index (χ2n) is 3.66. The number of nitrogens with two attached hydrogens (primary N) is 1. The Labute approximate surface area is 100 Å². The van der Waals surface area contributed by atoms with Gasteiger partial charge in [-0.25, -0.2) is 13.6 Å². The number of carbonyl (C=O) groups is 1. The standard InChI is InChI=1S/C11H9F2N3O2/c1-16-10(14)8(9(15-16)11(17)18)6-3-2-5(12)4-7(6)13/h2-4H,14H2,1H3,(H,17,18). The van der Waals surface area contributed by atoms with Crippen molar-refractivity contribution in [3.05, 3.63) is 35.5 Å². The summed E-state index contributed by atoms with van der Waals surface area (Å²) in [6, 6.07) is 2.81. The van der Waals surface area contributed by atoms with Crippen molar-refractivity contribution < 1.29 is 18.7 Å². The first-order valence-corrected chi connectivity index (χ1v) is 4.93. The minimum Gasteiger partial charge on any atom is -0.476 e. The third-order valence-corrected chi connectivity index (χ3v) is 2.49. The third-order valence-electron chi connectivity index (χ3n) is 2.49. The molecule has 0 amide bonds. The van der Waals surface area contributed by atoms with E-state index in [0.717, 1.165) is 16.8 Å². The van der Waals surface area contributed by atoms with Gasteiger partial charge < -0.3 is 10.8 Å². The zero-order valence-corrected chi connectivity index (χ0v) is 9.32. The lowest BCUT2D eigenvalue weighted by atomic mass is 10.0. The molecule has 0 saturated heterocycles. The number of hydrogen-bond acceptors (Lipinski definition) is 3. The van der Waals surface area contributed by atoms with Gasteiger partial charge in [-0.1, -0.05) is 0 Å². The summed E-state index contributed by atoms with van der Waals surface area (Å²) >= 11 is 0. The Morgan fingerprint density at radius 2 is 2.11 bits per heavy atom. The highest BCUT2D eigenvalue weighted by atomic mass is 19.1. The summed E-state index contributed by atoms with van der Waals surface area (Å²) in [5, 5.41) is 12.7. The average Bonchev–Trinajstić information content (AvgIpc) is 2.57. The fourth-order valence-corrected chi connectivity index (χ4v) is 1.64. The molecule has 0 fully saturated rings. The number of aromatic nitrogens is 2. The average molecular weight is 253 g/mol. The lowest BCUT2D eigenvalue weighted by Crippen LogP contribution is -2.01. The van der Waals surface area contributed by atoms with Crippen LogP contribution in [0.3, 0.4) is 0 Å². The molecule has 0 aliphatic rings. The van der Waals surface area contributed by atoms with Crippen LogP contribution in [0.5, 0.6) is 0 Å². The Hall–Kier alpha value is -2.44. The molecule has 2 rings (SSSR count). The highest BCUT2D eigenvalue weighted by molar-refractivity contribution is 5.97. The maximum atomic E-state index is 13.6. The maximum Gasteiger partial charge on any atom is 0.357 e. The zero-order valence-electron chi connectivity index (χ0n) is 9.32. The lowest BCUT2D eigenvalue weighted by Gasteiger charge is -2.03. The van der Waals surface area contributed by atoms with E-state index in [0.29, 0.717) is 6.07 Å². The van der Waals surface area contributed by atoms with Crippen LogP contribution in [0.2, 0.25) is 0 Å². The van der Waals surface area contributed by atoms with Crippen molar-refractivity contribution >= 4 is 11.8 Å². The molecular formula is C11H9F2N3O2. The number of carboxylic acids is 1. The van der Waals surface area contributed by atoms with E-state index < -0.39 is 17.6 Å². The SMILES string of the molecule is Cn1nc(C(=O)O)c(-c2ccc(F)cc2F)c1N. The molecule has 18 heavy (non-hydrogen) atoms. The Balaban J connectivity index is 2.74. The molecule has 0 aliphatic carbocycles. The lowest BCUT2D eigenvalue weighted by molar-refractivity contribution is 0.0690. The minimum absolute atomic E-state index is 0.00194. The van der Waals surface area contributed by atoms with Gasteiger partial charge in [-0.15, -0.1) is 0 Å². The molecule has 3 N–H and O–H groups in total. The largest absolute Gasteiger partial charge is 0.476 e. The number of halogens is 2. The molecule has 94 valence electrons. The van der Waals surface area contributed by atoms with Crippen LogP contribution >= 0.6 is 0 Å². The van der Waals surface area contributed by atoms with Gasteiger partial charge in [0.15, 0.2) is 5.69 Å². The molecule has 0 radical (unpaired) electrons. The van der Waals surface area contributed by atoms with Crippen LogP contribution in [0.15, 0.2) is 18.2 Å². The van der Waals surface area contributed by atoms with Crippen LogP contribution in [0.1, 0.15) is 10.5 Å². The van der Waals surface area contributed by atoms with Gasteiger partial charge in [0.05, 0.1) is 5.56 Å². The molecule has 0 spiro atoms. The van der Waals surface area contributed by atoms with Crippen molar-refractivity contribution in [3.63, 3.8) is 0 Å². The van der Waals surface area contributed by atoms with Crippen molar-refractivity contribution in [2.45, 2.75) is 0 Å². The summed E-state index contributed by atoms with van der Waals surface area (Å²) in [5.74, 6) is -2.98. The van der Waals surface area contributed by atoms with Gasteiger partial charge in [0.1, 0.15) is 17.5 Å². The molecule has 0 aliphatic heterocycles. The topological polar surface area (TPSA) is 81.1 Å². The molecule has 1 aromatic heterocycles. The summed E-state index contributed by atoms with van der Waals surface area (Å²) in [4.78, 5) is 11.0. The van der Waals surface area contributed by atoms with E-state index in [1.807, 2.05) is 0 Å². The van der Waals surface area contributed by atoms with Gasteiger partial charge in [0.2, 0.25) is 0 Å². The third kappa shape index (κ3) is 1.79. The summed E-state index contributed by atoms with van der Waals surface area (Å²) in [5.41, 5.74) is 5.13. The molecule has 5 nitrogen and oxygen atoms in total. The number of carboxylic acid groups (broad SMARTS) is 1. The normalized spacial score (nSPS) is 10.6. The van der Waals surface area contributed by atoms with Crippen molar-refractivity contribution in [1.82, 2.24) is 9.78 Å². The second kappa shape index (κ2) is 4.10. The minimum atomic E-state index is -1.33. The number of hydrogen-bond donors (Lipinski definition) is 2. The summed E-state index contributed by atoms with van der Waals surface area (Å²) in [6.07, 6.45) is 0. The molecule has 1 heterocycles. The summed E-state index contributed by atoms with van der Waals surface area (Å²) < 4.78 is 27.6. The van der Waals surface area contributed by atoms with E-state index in [9.17, 15) is 13.6 Å². The van der Waals surface area contributed by atoms with E-state index in [4.69, 9.17) is 10.8 Å². The molecular weight excluding hydrogens is 244 g/mol. The van der Waals surface area contributed by atoms with Gasteiger partial charge in [0.25, 0.3) is 0 Å². The number of aromatic carboxylic acids is 1. The predicted octanol–water partition coefficient (Wildman–Crippen LogP) is 1.65. The van der Waals surface area contributed by atoms with Crippen LogP contribution < -0.4 is 5.73 Å². The number of aryl methyl sites for hydroxylation is 1. The van der Waals surface area contributed by atoms with Crippen molar-refractivity contribution in [2.75, 3.05) is 5.73 Å². The molecule has 0 atom stereocenters. The van der Waals surface area contributed by atoms with Gasteiger partial charge in [0, 0.05) is 18.7 Å². The van der Waals surface area contributed by atoms with Crippen LogP contribution in [-0.4, -0.2) is 20.9 Å². The van der Waals surface area contributed by atoms with Crippen molar-refractivity contribution in [1.29, 1.82) is 0 Å². The van der Waals surface area contributed by atoms with Crippen molar-refractivity contribution in [2.24, 2.45) is 7.05 Å². The summed E-state index contributed by atoms with van der Waals surface area (Å²) in [6.45, 7) is 0. The highest BCUT2D eigenvalue weighted by Gasteiger charge is 2.23. The number of rotatable bonds is 2. The van der Waals surface area contributed by atoms with Crippen LogP contribution in [-0.2, 0) is 7.05 Å². The van der Waals surface area contributed by atoms with Gasteiger partial charge in [-0.3, -0.25) is 4.68 Å². The van der Waals surface area contributed by atoms with E-state index >= 15 is 0 Å². The maximum absolute atomic E-state index is 13.6. The summed E-state index contributed by atoms with van der Waals surface area (Å²) in [7, 11) is 1.44. The number of benzene rings is 1. The Kier molecular flexibility index (Phi) is 2.74. The van der Waals surface area contributed by atoms with Gasteiger partial charge >= 0.3 is 5.97 Å². The van der Waals surface area contributed by atoms with E-state index in [-0.39, 0.29) is 22.6 Å². The first kappa shape index (κ1) is 12.0. The molecule has 0 saturated carbocycles. The smallest absolute Gasteiger partial charge is 0.357 e. The predicted molar refractivity (Wildman–Crippen MR) is 59.9 cm³/mol. The quantitative estimate of drug-likeness (QED) is 0.852. The number of anilines is 1. The molecule has 1 aromatic carbocycles. The van der Waals surface area contributed by atoms with Crippen LogP contribution in [0.25, 0.3) is 11.1 Å². The first-order valence-electron chi connectivity index (χ1n) is 4.93. The molecule has 2 aromatic rings. The molecule has 7 heteroatoms. The highest BCUT2D eigenvalue weighted by Crippen LogP contribution is 2.31. The monoisotopic (exact) mass is 253 g/mol. The molecule has 0 bridgehead atoms.